The summed E-state index contributed by atoms with van der Waals surface area (Å²) in [4.78, 5) is 11.8. The third-order valence-corrected chi connectivity index (χ3v) is 3.03. The Morgan fingerprint density at radius 2 is 2.33 bits per heavy atom. The SMILES string of the molecule is CCn1cc(CNC(=O)c2ccc(Br)o2)c(C)n1. The van der Waals surface area contributed by atoms with Crippen molar-refractivity contribution in [3.05, 3.63) is 40.0 Å². The highest BCUT2D eigenvalue weighted by Gasteiger charge is 2.11. The molecule has 1 N–H and O–H groups in total. The molecule has 0 saturated heterocycles. The molecule has 0 radical (unpaired) electrons. The van der Waals surface area contributed by atoms with Crippen molar-refractivity contribution in [2.45, 2.75) is 26.9 Å². The van der Waals surface area contributed by atoms with Crippen LogP contribution >= 0.6 is 15.9 Å². The van der Waals surface area contributed by atoms with Crippen molar-refractivity contribution >= 4 is 21.8 Å². The number of aromatic nitrogens is 2. The second-order valence-corrected chi connectivity index (χ2v) is 4.66. The first-order valence-electron chi connectivity index (χ1n) is 5.66. The summed E-state index contributed by atoms with van der Waals surface area (Å²) >= 11 is 3.16. The van der Waals surface area contributed by atoms with E-state index in [1.54, 1.807) is 12.1 Å². The van der Waals surface area contributed by atoms with Gasteiger partial charge in [-0.3, -0.25) is 9.48 Å². The van der Waals surface area contributed by atoms with Crippen LogP contribution in [0.2, 0.25) is 0 Å². The van der Waals surface area contributed by atoms with Gasteiger partial charge in [-0.1, -0.05) is 0 Å². The molecule has 1 amide bonds. The number of carbonyl (C=O) groups is 1. The van der Waals surface area contributed by atoms with E-state index >= 15 is 0 Å². The van der Waals surface area contributed by atoms with Gasteiger partial charge >= 0.3 is 0 Å². The van der Waals surface area contributed by atoms with E-state index in [1.807, 2.05) is 24.7 Å². The zero-order valence-corrected chi connectivity index (χ0v) is 11.8. The van der Waals surface area contributed by atoms with Gasteiger partial charge in [-0.05, 0) is 41.9 Å². The van der Waals surface area contributed by atoms with Gasteiger partial charge in [0.1, 0.15) is 0 Å². The molecule has 0 aliphatic rings. The van der Waals surface area contributed by atoms with E-state index in [2.05, 4.69) is 26.3 Å². The molecule has 0 aliphatic carbocycles. The molecule has 96 valence electrons. The number of amides is 1. The second-order valence-electron chi connectivity index (χ2n) is 3.88. The number of halogens is 1. The first-order chi connectivity index (χ1) is 8.60. The van der Waals surface area contributed by atoms with Crippen LogP contribution in [0.15, 0.2) is 27.4 Å². The van der Waals surface area contributed by atoms with Gasteiger partial charge < -0.3 is 9.73 Å². The Kier molecular flexibility index (Phi) is 3.86. The molecule has 0 saturated carbocycles. The molecule has 2 aromatic rings. The molecule has 0 bridgehead atoms. The van der Waals surface area contributed by atoms with Crippen molar-refractivity contribution in [2.75, 3.05) is 0 Å². The predicted molar refractivity (Wildman–Crippen MR) is 70.2 cm³/mol. The Morgan fingerprint density at radius 3 is 2.89 bits per heavy atom. The molecule has 2 aromatic heterocycles. The zero-order valence-electron chi connectivity index (χ0n) is 10.2. The van der Waals surface area contributed by atoms with Crippen LogP contribution in [0, 0.1) is 6.92 Å². The van der Waals surface area contributed by atoms with E-state index in [4.69, 9.17) is 4.42 Å². The van der Waals surface area contributed by atoms with Crippen molar-refractivity contribution in [2.24, 2.45) is 0 Å². The van der Waals surface area contributed by atoms with Crippen LogP contribution in [0.3, 0.4) is 0 Å². The number of nitrogens with one attached hydrogen (secondary N) is 1. The van der Waals surface area contributed by atoms with E-state index in [0.29, 0.717) is 17.0 Å². The van der Waals surface area contributed by atoms with Crippen molar-refractivity contribution in [1.29, 1.82) is 0 Å². The fourth-order valence-electron chi connectivity index (χ4n) is 1.59. The number of aryl methyl sites for hydroxylation is 2. The van der Waals surface area contributed by atoms with Gasteiger partial charge in [0, 0.05) is 24.8 Å². The highest BCUT2D eigenvalue weighted by atomic mass is 79.9. The van der Waals surface area contributed by atoms with Crippen LogP contribution < -0.4 is 5.32 Å². The van der Waals surface area contributed by atoms with Gasteiger partial charge in [0.15, 0.2) is 10.4 Å². The maximum Gasteiger partial charge on any atom is 0.287 e. The minimum Gasteiger partial charge on any atom is -0.444 e. The normalized spacial score (nSPS) is 10.6. The molecule has 5 nitrogen and oxygen atoms in total. The van der Waals surface area contributed by atoms with E-state index in [1.165, 1.54) is 0 Å². The van der Waals surface area contributed by atoms with Crippen molar-refractivity contribution < 1.29 is 9.21 Å². The van der Waals surface area contributed by atoms with Gasteiger partial charge in [0.2, 0.25) is 0 Å². The maximum atomic E-state index is 11.8. The predicted octanol–water partition coefficient (Wildman–Crippen LogP) is 2.50. The largest absolute Gasteiger partial charge is 0.444 e. The van der Waals surface area contributed by atoms with E-state index < -0.39 is 0 Å². The van der Waals surface area contributed by atoms with E-state index in [0.717, 1.165) is 17.8 Å². The molecular weight excluding hydrogens is 298 g/mol. The molecular formula is C12H14BrN3O2. The minimum atomic E-state index is -0.232. The lowest BCUT2D eigenvalue weighted by molar-refractivity contribution is 0.0922. The smallest absolute Gasteiger partial charge is 0.287 e. The third-order valence-electron chi connectivity index (χ3n) is 2.61. The molecule has 2 heterocycles. The molecule has 2 rings (SSSR count). The van der Waals surface area contributed by atoms with Crippen molar-refractivity contribution in [1.82, 2.24) is 15.1 Å². The van der Waals surface area contributed by atoms with Gasteiger partial charge in [0.05, 0.1) is 5.69 Å². The summed E-state index contributed by atoms with van der Waals surface area (Å²) in [6.07, 6.45) is 1.94. The summed E-state index contributed by atoms with van der Waals surface area (Å²) in [5.74, 6) is 0.0618. The van der Waals surface area contributed by atoms with Gasteiger partial charge in [-0.15, -0.1) is 0 Å². The molecule has 0 aromatic carbocycles. The Balaban J connectivity index is 1.99. The standard InChI is InChI=1S/C12H14BrN3O2/c1-3-16-7-9(8(2)15-16)6-14-12(17)10-4-5-11(13)18-10/h4-5,7H,3,6H2,1-2H3,(H,14,17). The zero-order chi connectivity index (χ0) is 13.1. The fraction of sp³-hybridized carbons (Fsp3) is 0.333. The maximum absolute atomic E-state index is 11.8. The topological polar surface area (TPSA) is 60.1 Å². The summed E-state index contributed by atoms with van der Waals surface area (Å²) in [6.45, 7) is 5.22. The Labute approximate surface area is 113 Å². The number of carbonyl (C=O) groups excluding carboxylic acids is 1. The Morgan fingerprint density at radius 1 is 1.56 bits per heavy atom. The Hall–Kier alpha value is -1.56. The molecule has 0 atom stereocenters. The van der Waals surface area contributed by atoms with Crippen molar-refractivity contribution in [3.8, 4) is 0 Å². The van der Waals surface area contributed by atoms with Crippen molar-refractivity contribution in [3.63, 3.8) is 0 Å². The van der Waals surface area contributed by atoms with Crippen LogP contribution in [-0.4, -0.2) is 15.7 Å². The highest BCUT2D eigenvalue weighted by Crippen LogP contribution is 2.14. The lowest BCUT2D eigenvalue weighted by Gasteiger charge is -2.01. The first-order valence-corrected chi connectivity index (χ1v) is 6.46. The summed E-state index contributed by atoms with van der Waals surface area (Å²) in [5.41, 5.74) is 1.94. The molecule has 0 aliphatic heterocycles. The van der Waals surface area contributed by atoms with Crippen LogP contribution in [0.1, 0.15) is 28.7 Å². The van der Waals surface area contributed by atoms with E-state index in [9.17, 15) is 4.79 Å². The molecule has 0 spiro atoms. The van der Waals surface area contributed by atoms with Gasteiger partial charge in [-0.2, -0.15) is 5.10 Å². The van der Waals surface area contributed by atoms with Gasteiger partial charge in [-0.25, -0.2) is 0 Å². The summed E-state index contributed by atoms with van der Waals surface area (Å²) < 4.78 is 7.57. The average Bonchev–Trinajstić information content (AvgIpc) is 2.92. The third kappa shape index (κ3) is 2.81. The Bertz CT molecular complexity index is 559. The number of rotatable bonds is 4. The van der Waals surface area contributed by atoms with Crippen LogP contribution in [0.4, 0.5) is 0 Å². The van der Waals surface area contributed by atoms with Crippen LogP contribution in [0.5, 0.6) is 0 Å². The molecule has 0 fully saturated rings. The molecule has 0 unspecified atom stereocenters. The average molecular weight is 312 g/mol. The second kappa shape index (κ2) is 5.39. The minimum absolute atomic E-state index is 0.232. The molecule has 6 heteroatoms. The number of nitrogens with zero attached hydrogens (tertiary/aromatic N) is 2. The quantitative estimate of drug-likeness (QED) is 0.943. The molecule has 18 heavy (non-hydrogen) atoms. The summed E-state index contributed by atoms with van der Waals surface area (Å²) in [7, 11) is 0. The number of furan rings is 1. The summed E-state index contributed by atoms with van der Waals surface area (Å²) in [5, 5.41) is 7.12. The summed E-state index contributed by atoms with van der Waals surface area (Å²) in [6, 6.07) is 3.32. The lowest BCUT2D eigenvalue weighted by Crippen LogP contribution is -2.22. The van der Waals surface area contributed by atoms with Gasteiger partial charge in [0.25, 0.3) is 5.91 Å². The number of hydrogen-bond acceptors (Lipinski definition) is 3. The number of hydrogen-bond donors (Lipinski definition) is 1. The lowest BCUT2D eigenvalue weighted by atomic mass is 10.2. The van der Waals surface area contributed by atoms with Crippen LogP contribution in [0.25, 0.3) is 0 Å². The monoisotopic (exact) mass is 311 g/mol. The van der Waals surface area contributed by atoms with Crippen LogP contribution in [-0.2, 0) is 13.1 Å². The fourth-order valence-corrected chi connectivity index (χ4v) is 1.90. The van der Waals surface area contributed by atoms with E-state index in [-0.39, 0.29) is 5.91 Å². The first kappa shape index (κ1) is 12.9. The highest BCUT2D eigenvalue weighted by molar-refractivity contribution is 9.10.